The third kappa shape index (κ3) is 12.0. The van der Waals surface area contributed by atoms with Crippen molar-refractivity contribution in [2.45, 2.75) is 57.4 Å². The smallest absolute Gasteiger partial charge is 0.308 e. The number of hydrogen-bond donors (Lipinski definition) is 4. The third-order valence-corrected chi connectivity index (χ3v) is 13.0. The predicted molar refractivity (Wildman–Crippen MR) is 265 cm³/mol. The number of esters is 2. The first-order valence-corrected chi connectivity index (χ1v) is 22.4. The maximum absolute atomic E-state index is 11.8. The maximum Gasteiger partial charge on any atom is 0.308 e. The highest BCUT2D eigenvalue weighted by atomic mass is 35.5. The van der Waals surface area contributed by atoms with Crippen LogP contribution in [0.3, 0.4) is 0 Å². The number of aromatic nitrogens is 4. The van der Waals surface area contributed by atoms with Crippen molar-refractivity contribution in [1.29, 1.82) is 0 Å². The van der Waals surface area contributed by atoms with Gasteiger partial charge in [-0.25, -0.2) is 19.9 Å². The maximum atomic E-state index is 11.8. The third-order valence-electron chi connectivity index (χ3n) is 11.3. The van der Waals surface area contributed by atoms with Gasteiger partial charge >= 0.3 is 11.9 Å². The number of aliphatic hydroxyl groups excluding tert-OH is 2. The van der Waals surface area contributed by atoms with Gasteiger partial charge in [-0.1, -0.05) is 66.0 Å². The molecule has 68 heavy (non-hydrogen) atoms. The molecular formula is C47H51Cl5N6O10. The molecular weight excluding hydrogens is 986 g/mol. The van der Waals surface area contributed by atoms with Gasteiger partial charge in [-0.2, -0.15) is 0 Å². The van der Waals surface area contributed by atoms with Crippen LogP contribution in [-0.4, -0.2) is 109 Å². The van der Waals surface area contributed by atoms with Gasteiger partial charge in [0.2, 0.25) is 11.2 Å². The van der Waals surface area contributed by atoms with E-state index in [4.69, 9.17) is 87.4 Å². The summed E-state index contributed by atoms with van der Waals surface area (Å²) in [7, 11) is 8.81. The molecule has 3 unspecified atom stereocenters. The molecule has 2 heterocycles. The number of carbonyl (C=O) groups is 2. The van der Waals surface area contributed by atoms with Crippen LogP contribution in [0.1, 0.15) is 33.1 Å². The lowest BCUT2D eigenvalue weighted by atomic mass is 10.0. The first-order chi connectivity index (χ1) is 32.0. The molecule has 2 fully saturated rings. The molecule has 2 aromatic heterocycles. The molecule has 0 aliphatic heterocycles. The van der Waals surface area contributed by atoms with Crippen LogP contribution in [0.5, 0.6) is 23.0 Å². The molecule has 2 aliphatic carbocycles. The first kappa shape index (κ1) is 53.8. The largest absolute Gasteiger partial charge is 0.495 e. The molecule has 4 aromatic carbocycles. The zero-order valence-electron chi connectivity index (χ0n) is 37.0. The van der Waals surface area contributed by atoms with E-state index in [1.54, 1.807) is 24.5 Å². The van der Waals surface area contributed by atoms with Gasteiger partial charge in [-0.3, -0.25) is 9.59 Å². The van der Waals surface area contributed by atoms with Crippen molar-refractivity contribution >= 4 is 97.7 Å². The number of aliphatic hydroxyl groups is 2. The standard InChI is InChI=1S/C23H23Cl2N3O5.C16H11Cl3N2O2.C7H13NO3.CH4/c1-31-17-9-18(32-2)21(25)19(20(17)24)11-4-5-14-13(6-11)10-26-23(27-14)28-15-7-12(8-16(15)29)22(30)33-3;1-22-11-6-12(23-2)15(18)13(14(11)17)8-3-4-10-9(5-8)7-20-16(19)21-10;1-11-7(10)4-2-5(8)6(9)3-4;/h4-6,9-10,12,15-16,29H,7-8H2,1-3H3,(H,26,27,28);3-7H,1-2H3;4-6,9H,2-3,8H2,1H3;1H4/t12?,15?,16-;;4?,5-,6-;/m1.1./s1. The molecule has 6 atom stereocenters. The van der Waals surface area contributed by atoms with E-state index in [9.17, 15) is 19.8 Å². The van der Waals surface area contributed by atoms with Gasteiger partial charge < -0.3 is 49.7 Å². The number of nitrogens with two attached hydrogens (primary N) is 1. The summed E-state index contributed by atoms with van der Waals surface area (Å²) < 4.78 is 30.6. The minimum Gasteiger partial charge on any atom is -0.495 e. The molecule has 2 aliphatic rings. The summed E-state index contributed by atoms with van der Waals surface area (Å²) >= 11 is 31.8. The fourth-order valence-corrected chi connectivity index (χ4v) is 9.38. The number of carbonyl (C=O) groups excluding carboxylic acids is 2. The summed E-state index contributed by atoms with van der Waals surface area (Å²) in [5.74, 6) is 1.08. The number of methoxy groups -OCH3 is 6. The van der Waals surface area contributed by atoms with Gasteiger partial charge in [-0.05, 0) is 72.7 Å². The fourth-order valence-electron chi connectivity index (χ4n) is 7.81. The number of nitrogens with zero attached hydrogens (tertiary/aromatic N) is 4. The predicted octanol–water partition coefficient (Wildman–Crippen LogP) is 9.51. The summed E-state index contributed by atoms with van der Waals surface area (Å²) in [6.45, 7) is 0. The average Bonchev–Trinajstić information content (AvgIpc) is 3.87. The van der Waals surface area contributed by atoms with Crippen LogP contribution in [0.25, 0.3) is 44.1 Å². The van der Waals surface area contributed by atoms with Crippen LogP contribution in [-0.2, 0) is 19.1 Å². The zero-order valence-corrected chi connectivity index (χ0v) is 40.8. The molecule has 21 heteroatoms. The van der Waals surface area contributed by atoms with Gasteiger partial charge in [0.15, 0.2) is 0 Å². The van der Waals surface area contributed by atoms with Crippen molar-refractivity contribution in [3.8, 4) is 45.3 Å². The lowest BCUT2D eigenvalue weighted by molar-refractivity contribution is -0.146. The summed E-state index contributed by atoms with van der Waals surface area (Å²) in [6, 6.07) is 13.8. The Morgan fingerprint density at radius 2 is 1.03 bits per heavy atom. The number of fused-ring (bicyclic) bond motifs is 2. The van der Waals surface area contributed by atoms with E-state index >= 15 is 0 Å². The van der Waals surface area contributed by atoms with Crippen LogP contribution in [0.2, 0.25) is 25.4 Å². The van der Waals surface area contributed by atoms with Crippen molar-refractivity contribution in [1.82, 2.24) is 19.9 Å². The molecule has 0 amide bonds. The minimum absolute atomic E-state index is 0. The molecule has 0 saturated heterocycles. The molecule has 0 spiro atoms. The molecule has 0 bridgehead atoms. The molecule has 5 N–H and O–H groups in total. The van der Waals surface area contributed by atoms with Crippen LogP contribution < -0.4 is 30.0 Å². The first-order valence-electron chi connectivity index (χ1n) is 20.5. The highest BCUT2D eigenvalue weighted by Gasteiger charge is 2.38. The van der Waals surface area contributed by atoms with Gasteiger partial charge in [-0.15, -0.1) is 0 Å². The van der Waals surface area contributed by atoms with E-state index in [2.05, 4.69) is 30.0 Å². The minimum atomic E-state index is -0.692. The molecule has 16 nitrogen and oxygen atoms in total. The Morgan fingerprint density at radius 1 is 0.603 bits per heavy atom. The van der Waals surface area contributed by atoms with Crippen molar-refractivity contribution in [2.75, 3.05) is 48.0 Å². The van der Waals surface area contributed by atoms with E-state index in [0.717, 1.165) is 27.4 Å². The lowest BCUT2D eigenvalue weighted by Crippen LogP contribution is -2.28. The number of ether oxygens (including phenoxy) is 6. The van der Waals surface area contributed by atoms with Crippen molar-refractivity contribution in [2.24, 2.45) is 17.6 Å². The van der Waals surface area contributed by atoms with Crippen molar-refractivity contribution in [3.05, 3.63) is 86.3 Å². The lowest BCUT2D eigenvalue weighted by Gasteiger charge is -2.17. The second-order valence-electron chi connectivity index (χ2n) is 15.4. The van der Waals surface area contributed by atoms with Gasteiger partial charge in [0.1, 0.15) is 23.0 Å². The zero-order chi connectivity index (χ0) is 48.7. The van der Waals surface area contributed by atoms with Crippen LogP contribution in [0, 0.1) is 11.8 Å². The quantitative estimate of drug-likeness (QED) is 0.0741. The molecule has 2 saturated carbocycles. The Kier molecular flexibility index (Phi) is 18.9. The Morgan fingerprint density at radius 3 is 1.46 bits per heavy atom. The number of benzene rings is 4. The highest BCUT2D eigenvalue weighted by molar-refractivity contribution is 6.42. The molecule has 6 aromatic rings. The van der Waals surface area contributed by atoms with Gasteiger partial charge in [0.25, 0.3) is 0 Å². The van der Waals surface area contributed by atoms with Gasteiger partial charge in [0, 0.05) is 52.5 Å². The summed E-state index contributed by atoms with van der Waals surface area (Å²) in [5.41, 5.74) is 9.69. The van der Waals surface area contributed by atoms with E-state index < -0.39 is 12.2 Å². The van der Waals surface area contributed by atoms with Crippen molar-refractivity contribution in [3.63, 3.8) is 0 Å². The second kappa shape index (κ2) is 23.9. The number of hydrogen-bond acceptors (Lipinski definition) is 16. The van der Waals surface area contributed by atoms with Crippen molar-refractivity contribution < 1.29 is 48.2 Å². The van der Waals surface area contributed by atoms with E-state index in [1.165, 1.54) is 42.7 Å². The summed E-state index contributed by atoms with van der Waals surface area (Å²) in [4.78, 5) is 39.8. The highest BCUT2D eigenvalue weighted by Crippen LogP contribution is 2.48. The van der Waals surface area contributed by atoms with E-state index in [1.807, 2.05) is 36.4 Å². The molecule has 8 rings (SSSR count). The van der Waals surface area contributed by atoms with Crippen LogP contribution in [0.4, 0.5) is 5.95 Å². The topological polar surface area (TPSA) is 220 Å². The van der Waals surface area contributed by atoms with Crippen LogP contribution in [0.15, 0.2) is 60.9 Å². The Bertz CT molecular complexity index is 2710. The molecule has 0 radical (unpaired) electrons. The summed E-state index contributed by atoms with van der Waals surface area (Å²) in [6.07, 6.45) is 3.85. The Balaban J connectivity index is 0.000000213. The number of anilines is 1. The second-order valence-corrected chi connectivity index (χ2v) is 17.2. The normalized spacial score (nSPS) is 19.4. The monoisotopic (exact) mass is 1030 g/mol. The number of nitrogens with one attached hydrogen (secondary N) is 1. The fraction of sp³-hybridized carbons (Fsp3) is 0.362. The Labute approximate surface area is 418 Å². The number of rotatable bonds is 10. The van der Waals surface area contributed by atoms with Crippen LogP contribution >= 0.6 is 58.0 Å². The number of halogens is 5. The van der Waals surface area contributed by atoms with Gasteiger partial charge in [0.05, 0.1) is 104 Å². The van der Waals surface area contributed by atoms with E-state index in [0.29, 0.717) is 91.4 Å². The van der Waals surface area contributed by atoms with E-state index in [-0.39, 0.29) is 48.6 Å². The summed E-state index contributed by atoms with van der Waals surface area (Å²) in [5, 5.41) is 26.0. The SMILES string of the molecule is C.COC(=O)C1CC(Nc2ncc3cc(-c4c(Cl)c(OC)cc(OC)c4Cl)ccc3n2)[C@H](O)C1.COC(=O)C1C[C@@H](N)[C@H](O)C1.COc1cc(OC)c(Cl)c(-c2ccc3nc(Cl)ncc3c2)c1Cl. The Hall–Kier alpha value is -5.17. The molecule has 364 valence electrons. The average molecular weight is 1040 g/mol.